The molecule has 0 spiro atoms. The van der Waals surface area contributed by atoms with Crippen molar-refractivity contribution in [2.45, 2.75) is 31.6 Å². The van der Waals surface area contributed by atoms with Gasteiger partial charge in [0.1, 0.15) is 5.75 Å². The third-order valence-corrected chi connectivity index (χ3v) is 6.31. The fourth-order valence-electron chi connectivity index (χ4n) is 3.04. The summed E-state index contributed by atoms with van der Waals surface area (Å²) in [6.45, 7) is 5.73. The second-order valence-electron chi connectivity index (χ2n) is 6.35. The lowest BCUT2D eigenvalue weighted by atomic mass is 9.99. The zero-order chi connectivity index (χ0) is 19.2. The van der Waals surface area contributed by atoms with Crippen LogP contribution in [0.3, 0.4) is 0 Å². The van der Waals surface area contributed by atoms with Crippen molar-refractivity contribution >= 4 is 15.9 Å². The van der Waals surface area contributed by atoms with Crippen LogP contribution in [-0.4, -0.2) is 58.6 Å². The van der Waals surface area contributed by atoms with E-state index in [1.54, 1.807) is 25.3 Å². The number of carbonyl (C=O) groups is 1. The number of nitrogens with one attached hydrogen (secondary N) is 1. The van der Waals surface area contributed by atoms with Gasteiger partial charge in [0.2, 0.25) is 15.9 Å². The molecular formula is C18H28N2O5S. The van der Waals surface area contributed by atoms with Crippen LogP contribution in [-0.2, 0) is 19.6 Å². The van der Waals surface area contributed by atoms with Gasteiger partial charge in [0.25, 0.3) is 0 Å². The smallest absolute Gasteiger partial charge is 0.243 e. The lowest BCUT2D eigenvalue weighted by molar-refractivity contribution is -0.126. The number of nitrogens with zero attached hydrogens (tertiary/aromatic N) is 1. The first kappa shape index (κ1) is 20.7. The number of rotatable bonds is 8. The summed E-state index contributed by atoms with van der Waals surface area (Å²) in [5, 5.41) is 2.79. The van der Waals surface area contributed by atoms with Crippen LogP contribution in [0.5, 0.6) is 5.75 Å². The van der Waals surface area contributed by atoms with Crippen LogP contribution >= 0.6 is 0 Å². The molecule has 1 aliphatic rings. The number of benzene rings is 1. The van der Waals surface area contributed by atoms with Crippen LogP contribution in [0.2, 0.25) is 0 Å². The van der Waals surface area contributed by atoms with Gasteiger partial charge in [-0.2, -0.15) is 4.31 Å². The molecule has 1 aromatic carbocycles. The lowest BCUT2D eigenvalue weighted by Gasteiger charge is -2.31. The summed E-state index contributed by atoms with van der Waals surface area (Å²) < 4.78 is 37.7. The number of piperidine rings is 1. The zero-order valence-corrected chi connectivity index (χ0v) is 16.5. The van der Waals surface area contributed by atoms with Crippen molar-refractivity contribution < 1.29 is 22.7 Å². The topological polar surface area (TPSA) is 84.9 Å². The molecule has 1 aromatic rings. The summed E-state index contributed by atoms with van der Waals surface area (Å²) in [4.78, 5) is 12.5. The molecule has 0 aromatic heterocycles. The predicted octanol–water partition coefficient (Wildman–Crippen LogP) is 1.56. The van der Waals surface area contributed by atoms with Gasteiger partial charge in [0.15, 0.2) is 0 Å². The van der Waals surface area contributed by atoms with E-state index in [2.05, 4.69) is 5.32 Å². The minimum atomic E-state index is -3.63. The Hall–Kier alpha value is -1.64. The first-order valence-electron chi connectivity index (χ1n) is 8.90. The van der Waals surface area contributed by atoms with Crippen molar-refractivity contribution in [3.8, 4) is 5.75 Å². The number of hydrogen-bond donors (Lipinski definition) is 1. The normalized spacial score (nSPS) is 18.5. The monoisotopic (exact) mass is 384 g/mol. The largest absolute Gasteiger partial charge is 0.494 e. The summed E-state index contributed by atoms with van der Waals surface area (Å²) in [6.07, 6.45) is 1.35. The van der Waals surface area contributed by atoms with E-state index >= 15 is 0 Å². The molecule has 1 amide bonds. The Balaban J connectivity index is 2.10. The third kappa shape index (κ3) is 4.96. The van der Waals surface area contributed by atoms with E-state index in [1.165, 1.54) is 4.31 Å². The Bertz CT molecular complexity index is 720. The van der Waals surface area contributed by atoms with Crippen LogP contribution in [0, 0.1) is 12.8 Å². The number of amides is 1. The Kier molecular flexibility index (Phi) is 7.43. The highest BCUT2D eigenvalue weighted by atomic mass is 32.2. The first-order valence-corrected chi connectivity index (χ1v) is 10.3. The quantitative estimate of drug-likeness (QED) is 0.688. The summed E-state index contributed by atoms with van der Waals surface area (Å²) >= 11 is 0. The van der Waals surface area contributed by atoms with Gasteiger partial charge in [-0.3, -0.25) is 4.79 Å². The summed E-state index contributed by atoms with van der Waals surface area (Å²) in [7, 11) is -2.07. The molecule has 1 N–H and O–H groups in total. The molecule has 0 unspecified atom stereocenters. The molecule has 0 radical (unpaired) electrons. The van der Waals surface area contributed by atoms with E-state index in [9.17, 15) is 13.2 Å². The van der Waals surface area contributed by atoms with Gasteiger partial charge in [-0.15, -0.1) is 0 Å². The molecule has 1 aliphatic heterocycles. The van der Waals surface area contributed by atoms with Gasteiger partial charge in [0, 0.05) is 26.7 Å². The number of hydrogen-bond acceptors (Lipinski definition) is 5. The van der Waals surface area contributed by atoms with Crippen LogP contribution in [0.4, 0.5) is 0 Å². The van der Waals surface area contributed by atoms with Crippen molar-refractivity contribution in [2.75, 3.05) is 40.0 Å². The van der Waals surface area contributed by atoms with Gasteiger partial charge in [-0.1, -0.05) is 0 Å². The van der Waals surface area contributed by atoms with E-state index < -0.39 is 10.0 Å². The van der Waals surface area contributed by atoms with Crippen LogP contribution in [0.1, 0.15) is 25.3 Å². The predicted molar refractivity (Wildman–Crippen MR) is 98.7 cm³/mol. The van der Waals surface area contributed by atoms with Crippen molar-refractivity contribution in [3.05, 3.63) is 23.8 Å². The maximum Gasteiger partial charge on any atom is 0.243 e. The number of ether oxygens (including phenoxy) is 2. The average Bonchev–Trinajstić information content (AvgIpc) is 2.63. The molecule has 26 heavy (non-hydrogen) atoms. The second-order valence-corrected chi connectivity index (χ2v) is 8.28. The van der Waals surface area contributed by atoms with Crippen molar-refractivity contribution in [2.24, 2.45) is 5.92 Å². The second kappa shape index (κ2) is 9.34. The van der Waals surface area contributed by atoms with Crippen molar-refractivity contribution in [3.63, 3.8) is 0 Å². The van der Waals surface area contributed by atoms with Crippen molar-refractivity contribution in [1.29, 1.82) is 0 Å². The van der Waals surface area contributed by atoms with E-state index in [4.69, 9.17) is 9.47 Å². The van der Waals surface area contributed by atoms with Crippen LogP contribution < -0.4 is 10.1 Å². The Morgan fingerprint density at radius 1 is 1.38 bits per heavy atom. The highest BCUT2D eigenvalue weighted by Gasteiger charge is 2.33. The minimum absolute atomic E-state index is 0.121. The number of aryl methyl sites for hydroxylation is 1. The SMILES string of the molecule is CCOc1ccc(S(=O)(=O)N2CCC[C@H](C(=O)NCCOC)C2)cc1C. The molecule has 1 saturated heterocycles. The van der Waals surface area contributed by atoms with Gasteiger partial charge >= 0.3 is 0 Å². The molecule has 146 valence electrons. The van der Waals surface area contributed by atoms with Gasteiger partial charge in [0.05, 0.1) is 24.0 Å². The lowest BCUT2D eigenvalue weighted by Crippen LogP contribution is -2.45. The molecule has 7 nitrogen and oxygen atoms in total. The Morgan fingerprint density at radius 2 is 2.15 bits per heavy atom. The zero-order valence-electron chi connectivity index (χ0n) is 15.7. The molecule has 0 aliphatic carbocycles. The van der Waals surface area contributed by atoms with E-state index in [-0.39, 0.29) is 23.3 Å². The Morgan fingerprint density at radius 3 is 2.81 bits per heavy atom. The maximum atomic E-state index is 13.0. The Labute approximate surface area is 155 Å². The van der Waals surface area contributed by atoms with Crippen LogP contribution in [0.15, 0.2) is 23.1 Å². The summed E-state index contributed by atoms with van der Waals surface area (Å²) in [5.41, 5.74) is 0.777. The molecule has 2 rings (SSSR count). The van der Waals surface area contributed by atoms with E-state index in [1.807, 2.05) is 13.8 Å². The highest BCUT2D eigenvalue weighted by molar-refractivity contribution is 7.89. The number of sulfonamides is 1. The molecule has 1 atom stereocenters. The number of methoxy groups -OCH3 is 1. The summed E-state index contributed by atoms with van der Waals surface area (Å²) in [5.74, 6) is 0.226. The molecule has 0 saturated carbocycles. The molecule has 1 fully saturated rings. The average molecular weight is 384 g/mol. The highest BCUT2D eigenvalue weighted by Crippen LogP contribution is 2.27. The third-order valence-electron chi connectivity index (χ3n) is 4.44. The fraction of sp³-hybridized carbons (Fsp3) is 0.611. The molecule has 1 heterocycles. The van der Waals surface area contributed by atoms with Crippen molar-refractivity contribution in [1.82, 2.24) is 9.62 Å². The van der Waals surface area contributed by atoms with E-state index in [0.717, 1.165) is 5.56 Å². The number of carbonyl (C=O) groups excluding carboxylic acids is 1. The molecular weight excluding hydrogens is 356 g/mol. The van der Waals surface area contributed by atoms with Crippen LogP contribution in [0.25, 0.3) is 0 Å². The minimum Gasteiger partial charge on any atom is -0.494 e. The van der Waals surface area contributed by atoms with Gasteiger partial charge in [-0.25, -0.2) is 8.42 Å². The molecule has 0 bridgehead atoms. The van der Waals surface area contributed by atoms with Gasteiger partial charge < -0.3 is 14.8 Å². The maximum absolute atomic E-state index is 13.0. The first-order chi connectivity index (χ1) is 12.4. The standard InChI is InChI=1S/C18H28N2O5S/c1-4-25-17-8-7-16(12-14(17)2)26(22,23)20-10-5-6-15(13-20)18(21)19-9-11-24-3/h7-8,12,15H,4-6,9-11,13H2,1-3H3,(H,19,21)/t15-/m0/s1. The van der Waals surface area contributed by atoms with E-state index in [0.29, 0.717) is 44.9 Å². The summed E-state index contributed by atoms with van der Waals surface area (Å²) in [6, 6.07) is 4.88. The molecule has 8 heteroatoms. The fourth-order valence-corrected chi connectivity index (χ4v) is 4.65. The van der Waals surface area contributed by atoms with Gasteiger partial charge in [-0.05, 0) is 50.5 Å².